The molecule has 1 aliphatic carbocycles. The van der Waals surface area contributed by atoms with Gasteiger partial charge in [0.1, 0.15) is 0 Å². The molecule has 1 aromatic rings. The fraction of sp³-hybridized carbons (Fsp3) is 0.688. The number of nitrogens with one attached hydrogen (secondary N) is 1. The zero-order valence-corrected chi connectivity index (χ0v) is 14.5. The molecule has 3 atom stereocenters. The van der Waals surface area contributed by atoms with E-state index < -0.39 is 12.0 Å². The number of carboxylic acids is 1. The number of piperidine rings is 1. The largest absolute Gasteiger partial charge is 0.479 e. The molecule has 23 heavy (non-hydrogen) atoms. The first-order chi connectivity index (χ1) is 10.7. The number of hydrogen-bond donors (Lipinski definition) is 2. The summed E-state index contributed by atoms with van der Waals surface area (Å²) in [5.41, 5.74) is 2.25. The highest BCUT2D eigenvalue weighted by molar-refractivity contribution is 7.07. The van der Waals surface area contributed by atoms with Crippen LogP contribution in [0, 0.1) is 16.7 Å². The number of carboxylic acid groups (broad SMARTS) is 1. The van der Waals surface area contributed by atoms with E-state index in [0.717, 1.165) is 12.8 Å². The molecular formula is C16H23N3O3S. The van der Waals surface area contributed by atoms with E-state index >= 15 is 0 Å². The molecule has 126 valence electrons. The Hall–Kier alpha value is -1.63. The first kappa shape index (κ1) is 16.2. The maximum Gasteiger partial charge on any atom is 0.332 e. The molecule has 2 heterocycles. The highest BCUT2D eigenvalue weighted by Gasteiger charge is 2.56. The third-order valence-electron chi connectivity index (χ3n) is 6.15. The van der Waals surface area contributed by atoms with E-state index in [1.54, 1.807) is 15.8 Å². The number of aromatic nitrogens is 1. The van der Waals surface area contributed by atoms with Crippen LogP contribution in [0.2, 0.25) is 0 Å². The lowest BCUT2D eigenvalue weighted by atomic mass is 9.63. The third-order valence-corrected chi connectivity index (χ3v) is 6.76. The summed E-state index contributed by atoms with van der Waals surface area (Å²) in [5, 5.41) is 13.7. The lowest BCUT2D eigenvalue weighted by Crippen LogP contribution is -2.56. The summed E-state index contributed by atoms with van der Waals surface area (Å²) in [5.74, 6) is -0.620. The molecule has 3 rings (SSSR count). The summed E-state index contributed by atoms with van der Waals surface area (Å²) in [6.45, 7) is 8.18. The topological polar surface area (TPSA) is 82.5 Å². The second kappa shape index (κ2) is 5.47. The van der Waals surface area contributed by atoms with E-state index in [0.29, 0.717) is 24.7 Å². The van der Waals surface area contributed by atoms with Crippen molar-refractivity contribution in [3.63, 3.8) is 0 Å². The predicted molar refractivity (Wildman–Crippen MR) is 87.2 cm³/mol. The van der Waals surface area contributed by atoms with E-state index in [1.165, 1.54) is 11.3 Å². The van der Waals surface area contributed by atoms with Crippen LogP contribution < -0.4 is 5.32 Å². The Labute approximate surface area is 139 Å². The molecule has 1 aromatic heterocycles. The molecule has 0 aromatic carbocycles. The minimum absolute atomic E-state index is 0.0899. The number of amides is 2. The number of fused-ring (bicyclic) bond motifs is 2. The molecule has 1 saturated carbocycles. The Bertz CT molecular complexity index is 616. The molecule has 2 aliphatic rings. The average molecular weight is 337 g/mol. The van der Waals surface area contributed by atoms with E-state index in [9.17, 15) is 14.7 Å². The molecule has 0 spiro atoms. The number of aliphatic carboxylic acids is 1. The minimum atomic E-state index is -1.09. The van der Waals surface area contributed by atoms with Gasteiger partial charge < -0.3 is 15.3 Å². The van der Waals surface area contributed by atoms with Crippen LogP contribution in [-0.4, -0.2) is 40.1 Å². The van der Waals surface area contributed by atoms with Gasteiger partial charge in [0.05, 0.1) is 11.2 Å². The Morgan fingerprint density at radius 1 is 1.48 bits per heavy atom. The van der Waals surface area contributed by atoms with Crippen LogP contribution in [0.5, 0.6) is 0 Å². The molecule has 2 amide bonds. The van der Waals surface area contributed by atoms with Gasteiger partial charge in [-0.1, -0.05) is 20.8 Å². The van der Waals surface area contributed by atoms with Gasteiger partial charge in [-0.15, -0.1) is 11.3 Å². The number of rotatable bonds is 3. The van der Waals surface area contributed by atoms with Gasteiger partial charge in [0.25, 0.3) is 0 Å². The summed E-state index contributed by atoms with van der Waals surface area (Å²) in [4.78, 5) is 29.9. The summed E-state index contributed by atoms with van der Waals surface area (Å²) >= 11 is 1.32. The van der Waals surface area contributed by atoms with Crippen molar-refractivity contribution < 1.29 is 14.7 Å². The molecular weight excluding hydrogens is 314 g/mol. The van der Waals surface area contributed by atoms with Gasteiger partial charge in [0.15, 0.2) is 6.04 Å². The Morgan fingerprint density at radius 3 is 2.78 bits per heavy atom. The zero-order valence-electron chi connectivity index (χ0n) is 13.7. The van der Waals surface area contributed by atoms with Crippen molar-refractivity contribution in [1.29, 1.82) is 0 Å². The maximum absolute atomic E-state index is 12.6. The molecule has 1 unspecified atom stereocenters. The SMILES string of the molecule is CC1(C)[C@@H]2CC[C@@]1(C)CN(C(=O)NC(C(=O)O)c1cscn1)C2. The van der Waals surface area contributed by atoms with Gasteiger partial charge in [0.2, 0.25) is 0 Å². The number of carbonyl (C=O) groups is 2. The van der Waals surface area contributed by atoms with Gasteiger partial charge in [-0.05, 0) is 29.6 Å². The van der Waals surface area contributed by atoms with E-state index in [1.807, 2.05) is 0 Å². The van der Waals surface area contributed by atoms with Crippen LogP contribution in [0.15, 0.2) is 10.9 Å². The van der Waals surface area contributed by atoms with Crippen molar-refractivity contribution >= 4 is 23.3 Å². The molecule has 1 aliphatic heterocycles. The lowest BCUT2D eigenvalue weighted by molar-refractivity contribution is -0.139. The van der Waals surface area contributed by atoms with Crippen molar-refractivity contribution in [1.82, 2.24) is 15.2 Å². The number of hydrogen-bond acceptors (Lipinski definition) is 4. The summed E-state index contributed by atoms with van der Waals surface area (Å²) in [6, 6.07) is -1.40. The van der Waals surface area contributed by atoms with Gasteiger partial charge >= 0.3 is 12.0 Å². The number of nitrogens with zero attached hydrogens (tertiary/aromatic N) is 2. The monoisotopic (exact) mass is 337 g/mol. The highest BCUT2D eigenvalue weighted by Crippen LogP contribution is 2.58. The molecule has 0 radical (unpaired) electrons. The Kier molecular flexibility index (Phi) is 3.86. The zero-order chi connectivity index (χ0) is 16.8. The van der Waals surface area contributed by atoms with E-state index in [4.69, 9.17) is 0 Å². The Morgan fingerprint density at radius 2 is 2.22 bits per heavy atom. The van der Waals surface area contributed by atoms with Gasteiger partial charge in [-0.3, -0.25) is 0 Å². The van der Waals surface area contributed by atoms with Gasteiger partial charge in [-0.25, -0.2) is 14.6 Å². The second-order valence-corrected chi connectivity index (χ2v) is 8.25. The fourth-order valence-corrected chi connectivity index (χ4v) is 4.60. The number of urea groups is 1. The van der Waals surface area contributed by atoms with E-state index in [2.05, 4.69) is 31.1 Å². The normalized spacial score (nSPS) is 30.0. The van der Waals surface area contributed by atoms with Crippen LogP contribution in [0.25, 0.3) is 0 Å². The maximum atomic E-state index is 12.6. The number of carbonyl (C=O) groups excluding carboxylic acids is 1. The summed E-state index contributed by atoms with van der Waals surface area (Å²) in [7, 11) is 0. The second-order valence-electron chi connectivity index (χ2n) is 7.53. The van der Waals surface area contributed by atoms with Crippen LogP contribution in [0.3, 0.4) is 0 Å². The number of thiazole rings is 1. The molecule has 2 N–H and O–H groups in total. The van der Waals surface area contributed by atoms with Crippen LogP contribution in [0.1, 0.15) is 45.3 Å². The first-order valence-corrected chi connectivity index (χ1v) is 8.85. The quantitative estimate of drug-likeness (QED) is 0.888. The minimum Gasteiger partial charge on any atom is -0.479 e. The molecule has 7 heteroatoms. The smallest absolute Gasteiger partial charge is 0.332 e. The molecule has 2 fully saturated rings. The van der Waals surface area contributed by atoms with Crippen molar-refractivity contribution in [3.8, 4) is 0 Å². The van der Waals surface area contributed by atoms with Gasteiger partial charge in [0, 0.05) is 18.5 Å². The lowest BCUT2D eigenvalue weighted by Gasteiger charge is -2.50. The number of likely N-dealkylation sites (tertiary alicyclic amines) is 1. The third kappa shape index (κ3) is 2.60. The van der Waals surface area contributed by atoms with Crippen molar-refractivity contribution in [3.05, 3.63) is 16.6 Å². The van der Waals surface area contributed by atoms with Crippen LogP contribution in [-0.2, 0) is 4.79 Å². The fourth-order valence-electron chi connectivity index (χ4n) is 4.02. The Balaban J connectivity index is 1.73. The van der Waals surface area contributed by atoms with Gasteiger partial charge in [-0.2, -0.15) is 0 Å². The van der Waals surface area contributed by atoms with Crippen molar-refractivity contribution in [2.75, 3.05) is 13.1 Å². The average Bonchev–Trinajstić information content (AvgIpc) is 3.00. The van der Waals surface area contributed by atoms with Crippen LogP contribution >= 0.6 is 11.3 Å². The molecule has 2 bridgehead atoms. The van der Waals surface area contributed by atoms with Crippen molar-refractivity contribution in [2.45, 2.75) is 39.7 Å². The van der Waals surface area contributed by atoms with Crippen molar-refractivity contribution in [2.24, 2.45) is 16.7 Å². The molecule has 1 saturated heterocycles. The van der Waals surface area contributed by atoms with E-state index in [-0.39, 0.29) is 16.9 Å². The standard InChI is InChI=1S/C16H23N3O3S/c1-15(2)10-4-5-16(15,3)8-19(6-10)14(22)18-12(13(20)21)11-7-23-9-17-11/h7,9-10,12H,4-6,8H2,1-3H3,(H,18,22)(H,20,21)/t10-,12?,16+/m1/s1. The van der Waals surface area contributed by atoms with Crippen LogP contribution in [0.4, 0.5) is 4.79 Å². The summed E-state index contributed by atoms with van der Waals surface area (Å²) < 4.78 is 0. The predicted octanol–water partition coefficient (Wildman–Crippen LogP) is 2.74. The summed E-state index contributed by atoms with van der Waals surface area (Å²) in [6.07, 6.45) is 2.24. The highest BCUT2D eigenvalue weighted by atomic mass is 32.1. The molecule has 6 nitrogen and oxygen atoms in total. The first-order valence-electron chi connectivity index (χ1n) is 7.91.